The zero-order valence-corrected chi connectivity index (χ0v) is 16.4. The van der Waals surface area contributed by atoms with Gasteiger partial charge in [0.1, 0.15) is 5.84 Å². The molecule has 0 spiro atoms. The quantitative estimate of drug-likeness (QED) is 0.393. The van der Waals surface area contributed by atoms with Crippen LogP contribution < -0.4 is 16.0 Å². The third kappa shape index (κ3) is 4.75. The molecule has 7 heteroatoms. The lowest BCUT2D eigenvalue weighted by molar-refractivity contribution is -0.128. The second-order valence-corrected chi connectivity index (χ2v) is 6.43. The Balaban J connectivity index is 2.19. The molecule has 7 nitrogen and oxygen atoms in total. The topological polar surface area (TPSA) is 104 Å². The summed E-state index contributed by atoms with van der Waals surface area (Å²) in [5.41, 5.74) is 5.32. The Bertz CT molecular complexity index is 791. The van der Waals surface area contributed by atoms with Gasteiger partial charge in [-0.05, 0) is 30.2 Å². The number of rotatable bonds is 6. The molecule has 0 bridgehead atoms. The predicted molar refractivity (Wildman–Crippen MR) is 111 cm³/mol. The lowest BCUT2D eigenvalue weighted by atomic mass is 10.0. The normalized spacial score (nSPS) is 15.0. The summed E-state index contributed by atoms with van der Waals surface area (Å²) in [4.78, 5) is 13.4. The maximum Gasteiger partial charge on any atom is 0.219 e. The van der Waals surface area contributed by atoms with Crippen LogP contribution >= 0.6 is 0 Å². The van der Waals surface area contributed by atoms with E-state index in [1.54, 1.807) is 11.8 Å². The van der Waals surface area contributed by atoms with Crippen molar-refractivity contribution in [1.82, 2.24) is 15.5 Å². The first-order valence-corrected chi connectivity index (χ1v) is 8.92. The lowest BCUT2D eigenvalue weighted by Gasteiger charge is -2.30. The maximum atomic E-state index is 11.7. The van der Waals surface area contributed by atoms with Gasteiger partial charge in [-0.3, -0.25) is 10.2 Å². The predicted octanol–water partition coefficient (Wildman–Crippen LogP) is 2.40. The summed E-state index contributed by atoms with van der Waals surface area (Å²) in [6.07, 6.45) is 2.04. The van der Waals surface area contributed by atoms with Crippen LogP contribution in [0.15, 0.2) is 41.1 Å². The molecule has 0 unspecified atom stereocenters. The van der Waals surface area contributed by atoms with Gasteiger partial charge in [-0.1, -0.05) is 12.1 Å². The number of allylic oxidation sites excluding steroid dienone is 1. The van der Waals surface area contributed by atoms with Crippen LogP contribution in [-0.4, -0.2) is 50.0 Å². The van der Waals surface area contributed by atoms with Crippen LogP contribution in [0.25, 0.3) is 5.70 Å². The van der Waals surface area contributed by atoms with E-state index in [0.717, 1.165) is 33.8 Å². The second-order valence-electron chi connectivity index (χ2n) is 6.43. The van der Waals surface area contributed by atoms with Gasteiger partial charge in [0.05, 0.1) is 6.54 Å². The molecule has 5 N–H and O–H groups in total. The molecule has 144 valence electrons. The molecule has 0 saturated heterocycles. The van der Waals surface area contributed by atoms with Crippen molar-refractivity contribution >= 4 is 29.3 Å². The van der Waals surface area contributed by atoms with Crippen molar-refractivity contribution in [3.63, 3.8) is 0 Å². The summed E-state index contributed by atoms with van der Waals surface area (Å²) in [6, 6.07) is 7.71. The number of anilines is 1. The van der Waals surface area contributed by atoms with Gasteiger partial charge < -0.3 is 26.3 Å². The molecule has 2 rings (SSSR count). The van der Waals surface area contributed by atoms with E-state index >= 15 is 0 Å². The summed E-state index contributed by atoms with van der Waals surface area (Å²) in [5, 5.41) is 25.3. The van der Waals surface area contributed by atoms with Gasteiger partial charge >= 0.3 is 0 Å². The number of nitrogens with zero attached hydrogens (tertiary/aromatic N) is 1. The average molecular weight is 368 g/mol. The Morgan fingerprint density at radius 1 is 1.19 bits per heavy atom. The molecule has 0 aromatic heterocycles. The fourth-order valence-corrected chi connectivity index (χ4v) is 3.12. The first-order valence-electron chi connectivity index (χ1n) is 8.92. The number of carbonyl (C=O) groups is 1. The number of nitrogens with one attached hydrogen (secondary N) is 5. The minimum Gasteiger partial charge on any atom is -0.391 e. The summed E-state index contributed by atoms with van der Waals surface area (Å²) in [7, 11) is 3.68. The van der Waals surface area contributed by atoms with E-state index in [0.29, 0.717) is 19.5 Å². The van der Waals surface area contributed by atoms with Crippen molar-refractivity contribution in [2.75, 3.05) is 32.5 Å². The molecule has 1 aliphatic heterocycles. The van der Waals surface area contributed by atoms with Crippen LogP contribution in [0.3, 0.4) is 0 Å². The van der Waals surface area contributed by atoms with Gasteiger partial charge in [0.25, 0.3) is 0 Å². The van der Waals surface area contributed by atoms with E-state index in [1.165, 1.54) is 6.21 Å². The Kier molecular flexibility index (Phi) is 6.76. The lowest BCUT2D eigenvalue weighted by Crippen LogP contribution is -2.40. The Morgan fingerprint density at radius 2 is 1.85 bits per heavy atom. The average Bonchev–Trinajstić information content (AvgIpc) is 2.68. The summed E-state index contributed by atoms with van der Waals surface area (Å²) >= 11 is 0. The van der Waals surface area contributed by atoms with E-state index < -0.39 is 0 Å². The highest BCUT2D eigenvalue weighted by Crippen LogP contribution is 2.21. The molecule has 27 heavy (non-hydrogen) atoms. The molecular formula is C20H28N6O. The van der Waals surface area contributed by atoms with Crippen LogP contribution in [0.1, 0.15) is 25.8 Å². The third-order valence-corrected chi connectivity index (χ3v) is 4.70. The minimum absolute atomic E-state index is 0.0211. The molecule has 0 radical (unpaired) electrons. The molecule has 0 atom stereocenters. The number of amidine groups is 1. The first kappa shape index (κ1) is 20.2. The highest BCUT2D eigenvalue weighted by molar-refractivity contribution is 6.07. The first-order chi connectivity index (χ1) is 12.9. The number of carbonyl (C=O) groups excluding carboxylic acids is 1. The third-order valence-electron chi connectivity index (χ3n) is 4.70. The van der Waals surface area contributed by atoms with Gasteiger partial charge in [-0.15, -0.1) is 0 Å². The van der Waals surface area contributed by atoms with E-state index in [-0.39, 0.29) is 11.7 Å². The van der Waals surface area contributed by atoms with Gasteiger partial charge in [0.15, 0.2) is 0 Å². The molecule has 0 saturated carbocycles. The number of hydrogen-bond acceptors (Lipinski definition) is 5. The van der Waals surface area contributed by atoms with E-state index in [9.17, 15) is 4.79 Å². The van der Waals surface area contributed by atoms with Crippen molar-refractivity contribution in [2.24, 2.45) is 0 Å². The number of amides is 1. The Morgan fingerprint density at radius 3 is 2.37 bits per heavy atom. The van der Waals surface area contributed by atoms with Gasteiger partial charge in [0, 0.05) is 62.9 Å². The molecule has 0 aliphatic carbocycles. The Hall–Kier alpha value is -3.09. The maximum absolute atomic E-state index is 11.7. The second kappa shape index (κ2) is 9.02. The van der Waals surface area contributed by atoms with Crippen molar-refractivity contribution in [3.8, 4) is 0 Å². The largest absolute Gasteiger partial charge is 0.391 e. The summed E-state index contributed by atoms with van der Waals surface area (Å²) in [6.45, 7) is 4.54. The Labute approximate surface area is 160 Å². The van der Waals surface area contributed by atoms with Crippen molar-refractivity contribution in [3.05, 3.63) is 46.7 Å². The molecule has 1 aromatic rings. The molecular weight excluding hydrogens is 340 g/mol. The zero-order valence-electron chi connectivity index (χ0n) is 16.4. The molecule has 1 heterocycles. The standard InChI is InChI=1S/C20H28N6O/c1-13(11-21)19(24-4)15-5-7-16(8-6-15)25-20(22)17-12-26(14(2)27)10-9-18(17)23-3/h5-8,11,21,23-24H,9-10,12H2,1-4H3,(H2,22,25)/b19-13-,21-11?. The fourth-order valence-electron chi connectivity index (χ4n) is 3.12. The van der Waals surface area contributed by atoms with Gasteiger partial charge in [-0.25, -0.2) is 0 Å². The van der Waals surface area contributed by atoms with Gasteiger partial charge in [0.2, 0.25) is 5.91 Å². The minimum atomic E-state index is 0.0211. The molecule has 1 aromatic carbocycles. The monoisotopic (exact) mass is 368 g/mol. The van der Waals surface area contributed by atoms with Crippen LogP contribution in [0.4, 0.5) is 5.69 Å². The molecule has 1 aliphatic rings. The van der Waals surface area contributed by atoms with Crippen LogP contribution in [0.2, 0.25) is 0 Å². The van der Waals surface area contributed by atoms with Crippen molar-refractivity contribution in [1.29, 1.82) is 10.8 Å². The van der Waals surface area contributed by atoms with Crippen molar-refractivity contribution < 1.29 is 4.79 Å². The number of hydrogen-bond donors (Lipinski definition) is 5. The highest BCUT2D eigenvalue weighted by Gasteiger charge is 2.23. The highest BCUT2D eigenvalue weighted by atomic mass is 16.2. The molecule has 0 fully saturated rings. The van der Waals surface area contributed by atoms with E-state index in [2.05, 4.69) is 16.0 Å². The molecule has 1 amide bonds. The smallest absolute Gasteiger partial charge is 0.219 e. The van der Waals surface area contributed by atoms with Crippen molar-refractivity contribution in [2.45, 2.75) is 20.3 Å². The van der Waals surface area contributed by atoms with Crippen LogP contribution in [0, 0.1) is 10.8 Å². The van der Waals surface area contributed by atoms with E-state index in [1.807, 2.05) is 45.3 Å². The van der Waals surface area contributed by atoms with Crippen LogP contribution in [0.5, 0.6) is 0 Å². The summed E-state index contributed by atoms with van der Waals surface area (Å²) < 4.78 is 0. The number of benzene rings is 1. The van der Waals surface area contributed by atoms with E-state index in [4.69, 9.17) is 10.8 Å². The van der Waals surface area contributed by atoms with Crippen LogP contribution in [-0.2, 0) is 4.79 Å². The van der Waals surface area contributed by atoms with Gasteiger partial charge in [-0.2, -0.15) is 0 Å². The summed E-state index contributed by atoms with van der Waals surface area (Å²) in [5.74, 6) is 0.311. The fraction of sp³-hybridized carbons (Fsp3) is 0.350. The zero-order chi connectivity index (χ0) is 20.0. The SMILES string of the molecule is CNC1=C(C(=N)Nc2ccc(/C(NC)=C(\C)C=N)cc2)CN(C(C)=O)CC1.